The van der Waals surface area contributed by atoms with Crippen LogP contribution in [0.5, 0.6) is 5.75 Å². The number of aryl methyl sites for hydroxylation is 2. The molecule has 0 saturated carbocycles. The van der Waals surface area contributed by atoms with Gasteiger partial charge in [-0.25, -0.2) is 9.78 Å². The number of esters is 1. The van der Waals surface area contributed by atoms with Crippen LogP contribution in [0.3, 0.4) is 0 Å². The monoisotopic (exact) mass is 413 g/mol. The SMILES string of the molecule is COC(=O)c1c(C)csc1NC(=O)Cc1ccc(OCCCn2ccnc2)cc1. The number of nitrogens with one attached hydrogen (secondary N) is 1. The third kappa shape index (κ3) is 5.68. The first-order chi connectivity index (χ1) is 14.1. The van der Waals surface area contributed by atoms with Crippen LogP contribution in [0, 0.1) is 6.92 Å². The van der Waals surface area contributed by atoms with E-state index in [4.69, 9.17) is 9.47 Å². The highest BCUT2D eigenvalue weighted by molar-refractivity contribution is 7.15. The number of methoxy groups -OCH3 is 1. The Kier molecular flexibility index (Phi) is 7.02. The molecule has 0 unspecified atom stereocenters. The Morgan fingerprint density at radius 2 is 2.03 bits per heavy atom. The van der Waals surface area contributed by atoms with Crippen LogP contribution in [0.15, 0.2) is 48.4 Å². The van der Waals surface area contributed by atoms with Gasteiger partial charge >= 0.3 is 5.97 Å². The lowest BCUT2D eigenvalue weighted by molar-refractivity contribution is -0.115. The topological polar surface area (TPSA) is 82.5 Å². The second kappa shape index (κ2) is 9.88. The van der Waals surface area contributed by atoms with Gasteiger partial charge in [0.25, 0.3) is 0 Å². The van der Waals surface area contributed by atoms with Crippen molar-refractivity contribution in [1.29, 1.82) is 0 Å². The lowest BCUT2D eigenvalue weighted by Gasteiger charge is -2.09. The molecular weight excluding hydrogens is 390 g/mol. The summed E-state index contributed by atoms with van der Waals surface area (Å²) in [5.41, 5.74) is 2.05. The van der Waals surface area contributed by atoms with Gasteiger partial charge in [-0.1, -0.05) is 12.1 Å². The first-order valence-corrected chi connectivity index (χ1v) is 10.1. The van der Waals surface area contributed by atoms with E-state index < -0.39 is 5.97 Å². The van der Waals surface area contributed by atoms with Gasteiger partial charge in [-0.3, -0.25) is 4.79 Å². The number of thiophene rings is 1. The summed E-state index contributed by atoms with van der Waals surface area (Å²) >= 11 is 1.31. The van der Waals surface area contributed by atoms with Crippen LogP contribution in [-0.4, -0.2) is 35.1 Å². The van der Waals surface area contributed by atoms with Gasteiger partial charge in [0.2, 0.25) is 5.91 Å². The summed E-state index contributed by atoms with van der Waals surface area (Å²) < 4.78 is 12.5. The van der Waals surface area contributed by atoms with E-state index in [0.717, 1.165) is 29.8 Å². The maximum Gasteiger partial charge on any atom is 0.341 e. The summed E-state index contributed by atoms with van der Waals surface area (Å²) in [6.07, 6.45) is 6.55. The van der Waals surface area contributed by atoms with Gasteiger partial charge in [-0.15, -0.1) is 11.3 Å². The minimum Gasteiger partial charge on any atom is -0.494 e. The van der Waals surface area contributed by atoms with Gasteiger partial charge in [0.15, 0.2) is 0 Å². The van der Waals surface area contributed by atoms with Crippen LogP contribution >= 0.6 is 11.3 Å². The number of hydrogen-bond acceptors (Lipinski definition) is 6. The molecule has 0 radical (unpaired) electrons. The molecule has 3 aromatic rings. The molecule has 1 N–H and O–H groups in total. The molecule has 29 heavy (non-hydrogen) atoms. The largest absolute Gasteiger partial charge is 0.494 e. The molecule has 0 saturated heterocycles. The lowest BCUT2D eigenvalue weighted by atomic mass is 10.1. The number of ether oxygens (including phenoxy) is 2. The number of aromatic nitrogens is 2. The standard InChI is InChI=1S/C21H23N3O4S/c1-15-13-29-20(19(15)21(26)27-2)23-18(25)12-16-4-6-17(7-5-16)28-11-3-9-24-10-8-22-14-24/h4-8,10,13-14H,3,9,11-12H2,1-2H3,(H,23,25). The zero-order valence-electron chi connectivity index (χ0n) is 16.4. The number of rotatable bonds is 9. The Morgan fingerprint density at radius 1 is 1.24 bits per heavy atom. The van der Waals surface area contributed by atoms with Crippen molar-refractivity contribution in [2.24, 2.45) is 0 Å². The highest BCUT2D eigenvalue weighted by Gasteiger charge is 2.19. The van der Waals surface area contributed by atoms with Crippen molar-refractivity contribution in [3.8, 4) is 5.75 Å². The Hall–Kier alpha value is -3.13. The third-order valence-electron chi connectivity index (χ3n) is 4.29. The first-order valence-electron chi connectivity index (χ1n) is 9.20. The molecule has 0 aliphatic rings. The number of carbonyl (C=O) groups excluding carboxylic acids is 2. The predicted octanol–water partition coefficient (Wildman–Crippen LogP) is 3.69. The van der Waals surface area contributed by atoms with Crippen molar-refractivity contribution in [2.75, 3.05) is 19.0 Å². The molecule has 2 aromatic heterocycles. The fourth-order valence-electron chi connectivity index (χ4n) is 2.81. The number of benzene rings is 1. The summed E-state index contributed by atoms with van der Waals surface area (Å²) in [6, 6.07) is 7.45. The number of hydrogen-bond donors (Lipinski definition) is 1. The van der Waals surface area contributed by atoms with Gasteiger partial charge in [0.1, 0.15) is 10.8 Å². The molecule has 0 spiro atoms. The van der Waals surface area contributed by atoms with Crippen molar-refractivity contribution < 1.29 is 19.1 Å². The fraction of sp³-hybridized carbons (Fsp3) is 0.286. The summed E-state index contributed by atoms with van der Waals surface area (Å²) in [5, 5.41) is 5.14. The molecule has 0 atom stereocenters. The summed E-state index contributed by atoms with van der Waals surface area (Å²) in [6.45, 7) is 3.27. The minimum absolute atomic E-state index is 0.189. The van der Waals surface area contributed by atoms with E-state index in [1.165, 1.54) is 18.4 Å². The molecule has 0 aliphatic heterocycles. The third-order valence-corrected chi connectivity index (χ3v) is 5.31. The van der Waals surface area contributed by atoms with Crippen LogP contribution in [0.2, 0.25) is 0 Å². The van der Waals surface area contributed by atoms with Crippen LogP contribution < -0.4 is 10.1 Å². The quantitative estimate of drug-likeness (QED) is 0.427. The molecule has 0 fully saturated rings. The van der Waals surface area contributed by atoms with Crippen molar-refractivity contribution in [1.82, 2.24) is 9.55 Å². The van der Waals surface area contributed by atoms with Gasteiger partial charge < -0.3 is 19.4 Å². The van der Waals surface area contributed by atoms with E-state index in [2.05, 4.69) is 10.3 Å². The molecule has 152 valence electrons. The minimum atomic E-state index is -0.450. The highest BCUT2D eigenvalue weighted by atomic mass is 32.1. The maximum absolute atomic E-state index is 12.4. The van der Waals surface area contributed by atoms with Crippen molar-refractivity contribution in [3.63, 3.8) is 0 Å². The van der Waals surface area contributed by atoms with Gasteiger partial charge in [0.05, 0.1) is 32.0 Å². The molecule has 7 nitrogen and oxygen atoms in total. The number of nitrogens with zero attached hydrogens (tertiary/aromatic N) is 2. The normalized spacial score (nSPS) is 10.6. The Morgan fingerprint density at radius 3 is 2.72 bits per heavy atom. The van der Waals surface area contributed by atoms with Crippen LogP contribution in [-0.2, 0) is 22.5 Å². The van der Waals surface area contributed by atoms with Gasteiger partial charge in [0, 0.05) is 18.9 Å². The average Bonchev–Trinajstić information content (AvgIpc) is 3.36. The zero-order chi connectivity index (χ0) is 20.6. The number of carbonyl (C=O) groups is 2. The second-order valence-electron chi connectivity index (χ2n) is 6.49. The number of anilines is 1. The van der Waals surface area contributed by atoms with Crippen LogP contribution in [0.1, 0.15) is 27.9 Å². The molecule has 0 aliphatic carbocycles. The van der Waals surface area contributed by atoms with Crippen molar-refractivity contribution >= 4 is 28.2 Å². The van der Waals surface area contributed by atoms with Crippen LogP contribution in [0.4, 0.5) is 5.00 Å². The molecule has 2 heterocycles. The van der Waals surface area contributed by atoms with E-state index in [1.54, 1.807) is 12.5 Å². The first kappa shape index (κ1) is 20.6. The van der Waals surface area contributed by atoms with Gasteiger partial charge in [-0.05, 0) is 42.0 Å². The van der Waals surface area contributed by atoms with E-state index >= 15 is 0 Å². The van der Waals surface area contributed by atoms with Crippen LogP contribution in [0.25, 0.3) is 0 Å². The molecule has 1 amide bonds. The second-order valence-corrected chi connectivity index (χ2v) is 7.37. The predicted molar refractivity (Wildman–Crippen MR) is 112 cm³/mol. The summed E-state index contributed by atoms with van der Waals surface area (Å²) in [4.78, 5) is 28.3. The molecule has 0 bridgehead atoms. The van der Waals surface area contributed by atoms with E-state index in [-0.39, 0.29) is 12.3 Å². The Balaban J connectivity index is 1.48. The van der Waals surface area contributed by atoms with E-state index in [9.17, 15) is 9.59 Å². The van der Waals surface area contributed by atoms with Crippen molar-refractivity contribution in [3.05, 3.63) is 65.1 Å². The maximum atomic E-state index is 12.4. The molecular formula is C21H23N3O4S. The molecule has 3 rings (SSSR count). The average molecular weight is 413 g/mol. The van der Waals surface area contributed by atoms with Crippen molar-refractivity contribution in [2.45, 2.75) is 26.3 Å². The Bertz CT molecular complexity index is 949. The molecule has 8 heteroatoms. The van der Waals surface area contributed by atoms with E-state index in [1.807, 2.05) is 47.3 Å². The van der Waals surface area contributed by atoms with Gasteiger partial charge in [-0.2, -0.15) is 0 Å². The lowest BCUT2D eigenvalue weighted by Crippen LogP contribution is -2.16. The fourth-order valence-corrected chi connectivity index (χ4v) is 3.76. The molecule has 1 aromatic carbocycles. The Labute approximate surface area is 173 Å². The summed E-state index contributed by atoms with van der Waals surface area (Å²) in [7, 11) is 1.33. The number of imidazole rings is 1. The summed E-state index contributed by atoms with van der Waals surface area (Å²) in [5.74, 6) is 0.126. The smallest absolute Gasteiger partial charge is 0.341 e. The highest BCUT2D eigenvalue weighted by Crippen LogP contribution is 2.28. The zero-order valence-corrected chi connectivity index (χ0v) is 17.2. The van der Waals surface area contributed by atoms with E-state index in [0.29, 0.717) is 17.2 Å². The number of amides is 1.